The Morgan fingerprint density at radius 1 is 1.14 bits per heavy atom. The van der Waals surface area contributed by atoms with Crippen molar-refractivity contribution in [2.45, 2.75) is 13.1 Å². The zero-order valence-corrected chi connectivity index (χ0v) is 11.8. The molecule has 6 heteroatoms. The molecule has 1 aromatic heterocycles. The number of nitrogens with two attached hydrogens (primary N) is 1. The lowest BCUT2D eigenvalue weighted by atomic mass is 10.1. The summed E-state index contributed by atoms with van der Waals surface area (Å²) in [6.07, 6.45) is -4.36. The minimum atomic E-state index is -4.36. The van der Waals surface area contributed by atoms with Gasteiger partial charge in [-0.3, -0.25) is 0 Å². The molecule has 0 radical (unpaired) electrons. The number of hydrogen-bond donors (Lipinski definition) is 1. The zero-order chi connectivity index (χ0) is 15.2. The van der Waals surface area contributed by atoms with E-state index in [4.69, 9.17) is 5.73 Å². The topological polar surface area (TPSA) is 38.9 Å². The van der Waals surface area contributed by atoms with Crippen LogP contribution in [-0.2, 0) is 6.18 Å². The summed E-state index contributed by atoms with van der Waals surface area (Å²) in [5.41, 5.74) is 7.92. The molecule has 0 bridgehead atoms. The van der Waals surface area contributed by atoms with Crippen LogP contribution in [-0.4, -0.2) is 4.98 Å². The van der Waals surface area contributed by atoms with Gasteiger partial charge in [-0.25, -0.2) is 4.98 Å². The molecule has 0 aliphatic heterocycles. The van der Waals surface area contributed by atoms with Crippen LogP contribution in [0, 0.1) is 6.92 Å². The second kappa shape index (κ2) is 4.73. The van der Waals surface area contributed by atoms with Crippen molar-refractivity contribution in [3.05, 3.63) is 47.5 Å². The van der Waals surface area contributed by atoms with Crippen molar-refractivity contribution in [1.29, 1.82) is 0 Å². The molecule has 0 aliphatic rings. The lowest BCUT2D eigenvalue weighted by Crippen LogP contribution is -2.03. The number of thiazole rings is 1. The summed E-state index contributed by atoms with van der Waals surface area (Å²) in [5.74, 6) is 0. The smallest absolute Gasteiger partial charge is 0.398 e. The van der Waals surface area contributed by atoms with Crippen LogP contribution in [0.2, 0.25) is 0 Å². The summed E-state index contributed by atoms with van der Waals surface area (Å²) in [4.78, 5) is 4.32. The molecule has 0 spiro atoms. The maximum atomic E-state index is 12.7. The Hall–Kier alpha value is -2.08. The maximum absolute atomic E-state index is 12.7. The Balaban J connectivity index is 2.18. The van der Waals surface area contributed by atoms with E-state index in [2.05, 4.69) is 4.98 Å². The van der Waals surface area contributed by atoms with Crippen LogP contribution in [0.15, 0.2) is 36.4 Å². The maximum Gasteiger partial charge on any atom is 0.416 e. The van der Waals surface area contributed by atoms with Gasteiger partial charge in [-0.2, -0.15) is 13.2 Å². The van der Waals surface area contributed by atoms with E-state index in [0.717, 1.165) is 23.3 Å². The van der Waals surface area contributed by atoms with E-state index in [1.54, 1.807) is 6.07 Å². The monoisotopic (exact) mass is 308 g/mol. The molecule has 21 heavy (non-hydrogen) atoms. The molecular formula is C15H11F3N2S. The van der Waals surface area contributed by atoms with Gasteiger partial charge in [0.25, 0.3) is 0 Å². The number of fused-ring (bicyclic) bond motifs is 1. The Labute approximate surface area is 123 Å². The van der Waals surface area contributed by atoms with Crippen LogP contribution >= 0.6 is 11.3 Å². The molecule has 0 saturated heterocycles. The number of aryl methyl sites for hydroxylation is 1. The Kier molecular flexibility index (Phi) is 3.13. The SMILES string of the molecule is Cc1cccc(N)c1-c1nc2cc(C(F)(F)F)ccc2s1. The number of rotatable bonds is 1. The van der Waals surface area contributed by atoms with Crippen molar-refractivity contribution in [2.75, 3.05) is 5.73 Å². The summed E-state index contributed by atoms with van der Waals surface area (Å²) in [6.45, 7) is 1.90. The highest BCUT2D eigenvalue weighted by Gasteiger charge is 2.30. The second-order valence-corrected chi connectivity index (χ2v) is 5.77. The van der Waals surface area contributed by atoms with Crippen LogP contribution in [0.25, 0.3) is 20.8 Å². The lowest BCUT2D eigenvalue weighted by Gasteiger charge is -2.05. The first-order valence-electron chi connectivity index (χ1n) is 6.19. The number of nitrogen functional groups attached to an aromatic ring is 1. The van der Waals surface area contributed by atoms with Gasteiger partial charge in [-0.15, -0.1) is 11.3 Å². The molecule has 0 fully saturated rings. The van der Waals surface area contributed by atoms with E-state index >= 15 is 0 Å². The van der Waals surface area contributed by atoms with E-state index in [1.807, 2.05) is 19.1 Å². The van der Waals surface area contributed by atoms with Gasteiger partial charge in [0, 0.05) is 11.3 Å². The quantitative estimate of drug-likeness (QED) is 0.651. The lowest BCUT2D eigenvalue weighted by molar-refractivity contribution is -0.137. The molecule has 2 N–H and O–H groups in total. The molecule has 108 valence electrons. The summed E-state index contributed by atoms with van der Waals surface area (Å²) >= 11 is 1.34. The second-order valence-electron chi connectivity index (χ2n) is 4.74. The van der Waals surface area contributed by atoms with Crippen molar-refractivity contribution in [1.82, 2.24) is 4.98 Å². The number of nitrogens with zero attached hydrogens (tertiary/aromatic N) is 1. The highest BCUT2D eigenvalue weighted by atomic mass is 32.1. The molecule has 0 amide bonds. The number of hydrogen-bond acceptors (Lipinski definition) is 3. The molecule has 2 aromatic carbocycles. The summed E-state index contributed by atoms with van der Waals surface area (Å²) in [5, 5.41) is 0.639. The number of halogens is 3. The van der Waals surface area contributed by atoms with Gasteiger partial charge in [0.2, 0.25) is 0 Å². The fraction of sp³-hybridized carbons (Fsp3) is 0.133. The van der Waals surface area contributed by atoms with Gasteiger partial charge in [-0.1, -0.05) is 12.1 Å². The highest BCUT2D eigenvalue weighted by molar-refractivity contribution is 7.21. The third kappa shape index (κ3) is 2.47. The van der Waals surface area contributed by atoms with E-state index in [-0.39, 0.29) is 0 Å². The van der Waals surface area contributed by atoms with Crippen molar-refractivity contribution >= 4 is 27.2 Å². The van der Waals surface area contributed by atoms with Gasteiger partial charge >= 0.3 is 6.18 Å². The molecule has 1 heterocycles. The number of alkyl halides is 3. The first kappa shape index (κ1) is 13.9. The van der Waals surface area contributed by atoms with Crippen molar-refractivity contribution in [3.8, 4) is 10.6 Å². The molecule has 3 rings (SSSR count). The summed E-state index contributed by atoms with van der Waals surface area (Å²) in [6, 6.07) is 9.10. The molecule has 0 aliphatic carbocycles. The van der Waals surface area contributed by atoms with Crippen LogP contribution in [0.1, 0.15) is 11.1 Å². The van der Waals surface area contributed by atoms with Gasteiger partial charge in [0.1, 0.15) is 5.01 Å². The summed E-state index contributed by atoms with van der Waals surface area (Å²) in [7, 11) is 0. The largest absolute Gasteiger partial charge is 0.416 e. The van der Waals surface area contributed by atoms with Crippen molar-refractivity contribution in [3.63, 3.8) is 0 Å². The van der Waals surface area contributed by atoms with E-state index < -0.39 is 11.7 Å². The first-order chi connectivity index (χ1) is 9.86. The fourth-order valence-electron chi connectivity index (χ4n) is 2.19. The molecular weight excluding hydrogens is 297 g/mol. The van der Waals surface area contributed by atoms with Crippen LogP contribution in [0.4, 0.5) is 18.9 Å². The fourth-order valence-corrected chi connectivity index (χ4v) is 3.27. The number of anilines is 1. The predicted molar refractivity (Wildman–Crippen MR) is 79.2 cm³/mol. The van der Waals surface area contributed by atoms with E-state index in [1.165, 1.54) is 17.4 Å². The zero-order valence-electron chi connectivity index (χ0n) is 11.0. The highest BCUT2D eigenvalue weighted by Crippen LogP contribution is 2.37. The third-order valence-corrected chi connectivity index (χ3v) is 4.29. The summed E-state index contributed by atoms with van der Waals surface area (Å²) < 4.78 is 38.9. The average molecular weight is 308 g/mol. The van der Waals surface area contributed by atoms with E-state index in [9.17, 15) is 13.2 Å². The minimum Gasteiger partial charge on any atom is -0.398 e. The molecule has 0 saturated carbocycles. The van der Waals surface area contributed by atoms with E-state index in [0.29, 0.717) is 20.9 Å². The van der Waals surface area contributed by atoms with Gasteiger partial charge in [0.15, 0.2) is 0 Å². The van der Waals surface area contributed by atoms with Crippen LogP contribution in [0.5, 0.6) is 0 Å². The number of aromatic nitrogens is 1. The third-order valence-electron chi connectivity index (χ3n) is 3.23. The molecule has 2 nitrogen and oxygen atoms in total. The van der Waals surface area contributed by atoms with Gasteiger partial charge < -0.3 is 5.73 Å². The molecule has 3 aromatic rings. The normalized spacial score (nSPS) is 12.0. The Morgan fingerprint density at radius 2 is 1.90 bits per heavy atom. The minimum absolute atomic E-state index is 0.340. The average Bonchev–Trinajstić information content (AvgIpc) is 2.79. The predicted octanol–water partition coefficient (Wildman–Crippen LogP) is 4.87. The van der Waals surface area contributed by atoms with Crippen LogP contribution in [0.3, 0.4) is 0 Å². The van der Waals surface area contributed by atoms with Gasteiger partial charge in [-0.05, 0) is 36.8 Å². The van der Waals surface area contributed by atoms with Gasteiger partial charge in [0.05, 0.1) is 15.8 Å². The Bertz CT molecular complexity index is 801. The number of benzene rings is 2. The molecule has 0 atom stereocenters. The molecule has 0 unspecified atom stereocenters. The Morgan fingerprint density at radius 3 is 2.57 bits per heavy atom. The van der Waals surface area contributed by atoms with Crippen molar-refractivity contribution < 1.29 is 13.2 Å². The first-order valence-corrected chi connectivity index (χ1v) is 7.01. The van der Waals surface area contributed by atoms with Crippen molar-refractivity contribution in [2.24, 2.45) is 0 Å². The standard InChI is InChI=1S/C15H11F3N2S/c1-8-3-2-4-10(19)13(8)14-20-11-7-9(15(16,17)18)5-6-12(11)21-14/h2-7H,19H2,1H3. The van der Waals surface area contributed by atoms with Crippen LogP contribution < -0.4 is 5.73 Å².